The SMILES string of the molecule is CC(C)C(NC(=O)C(N)CS)C(=O)NC(CCCN=C(N)N)C(=O)NC(CCC(=O)O)C(=O)O. The third-order valence-electron chi connectivity index (χ3n) is 4.62. The van der Waals surface area contributed by atoms with Crippen molar-refractivity contribution < 1.29 is 34.2 Å². The molecule has 0 fully saturated rings. The van der Waals surface area contributed by atoms with Crippen molar-refractivity contribution in [3.8, 4) is 0 Å². The number of rotatable bonds is 16. The zero-order valence-electron chi connectivity index (χ0n) is 19.2. The fourth-order valence-corrected chi connectivity index (χ4v) is 2.88. The fraction of sp³-hybridized carbons (Fsp3) is 0.684. The summed E-state index contributed by atoms with van der Waals surface area (Å²) in [5.41, 5.74) is 16.2. The van der Waals surface area contributed by atoms with Crippen LogP contribution in [0.15, 0.2) is 4.99 Å². The Morgan fingerprint density at radius 1 is 0.912 bits per heavy atom. The number of guanidine groups is 1. The van der Waals surface area contributed by atoms with Crippen LogP contribution in [0.2, 0.25) is 0 Å². The average Bonchev–Trinajstić information content (AvgIpc) is 2.74. The molecule has 0 spiro atoms. The maximum Gasteiger partial charge on any atom is 0.326 e. The molecule has 0 aromatic carbocycles. The molecule has 0 aliphatic carbocycles. The van der Waals surface area contributed by atoms with Crippen LogP contribution in [0.3, 0.4) is 0 Å². The molecule has 0 rings (SSSR count). The Balaban J connectivity index is 5.54. The van der Waals surface area contributed by atoms with Crippen LogP contribution in [-0.4, -0.2) is 82.3 Å². The first-order valence-corrected chi connectivity index (χ1v) is 11.2. The van der Waals surface area contributed by atoms with E-state index >= 15 is 0 Å². The fourth-order valence-electron chi connectivity index (χ4n) is 2.71. The zero-order chi connectivity index (χ0) is 26.4. The van der Waals surface area contributed by atoms with E-state index in [1.165, 1.54) is 0 Å². The Morgan fingerprint density at radius 3 is 1.97 bits per heavy atom. The minimum Gasteiger partial charge on any atom is -0.481 e. The van der Waals surface area contributed by atoms with Crippen LogP contribution >= 0.6 is 12.6 Å². The Bertz CT molecular complexity index is 759. The lowest BCUT2D eigenvalue weighted by Gasteiger charge is -2.26. The van der Waals surface area contributed by atoms with Gasteiger partial charge in [0.1, 0.15) is 18.1 Å². The molecule has 0 heterocycles. The molecule has 0 radical (unpaired) electrons. The number of hydrogen-bond donors (Lipinski definition) is 9. The second-order valence-electron chi connectivity index (χ2n) is 7.86. The van der Waals surface area contributed by atoms with Gasteiger partial charge in [-0.1, -0.05) is 13.8 Å². The minimum absolute atomic E-state index is 0.0362. The lowest BCUT2D eigenvalue weighted by Crippen LogP contribution is -2.58. The van der Waals surface area contributed by atoms with Crippen LogP contribution in [0.1, 0.15) is 39.5 Å². The van der Waals surface area contributed by atoms with Gasteiger partial charge >= 0.3 is 11.9 Å². The summed E-state index contributed by atoms with van der Waals surface area (Å²) in [4.78, 5) is 63.8. The molecule has 0 aliphatic heterocycles. The van der Waals surface area contributed by atoms with Gasteiger partial charge in [0, 0.05) is 18.7 Å². The average molecular weight is 506 g/mol. The molecule has 34 heavy (non-hydrogen) atoms. The number of aliphatic imine (C=N–C) groups is 1. The van der Waals surface area contributed by atoms with Gasteiger partial charge in [0.2, 0.25) is 17.7 Å². The summed E-state index contributed by atoms with van der Waals surface area (Å²) >= 11 is 3.95. The maximum atomic E-state index is 12.9. The van der Waals surface area contributed by atoms with Crippen molar-refractivity contribution in [2.45, 2.75) is 63.7 Å². The molecule has 0 saturated heterocycles. The molecule has 0 bridgehead atoms. The molecular weight excluding hydrogens is 470 g/mol. The van der Waals surface area contributed by atoms with Crippen molar-refractivity contribution in [1.82, 2.24) is 16.0 Å². The summed E-state index contributed by atoms with van der Waals surface area (Å²) in [5.74, 6) is -5.24. The Hall–Kier alpha value is -3.07. The van der Waals surface area contributed by atoms with Gasteiger partial charge in [0.05, 0.1) is 6.04 Å². The molecule has 4 unspecified atom stereocenters. The number of nitrogens with zero attached hydrogens (tertiary/aromatic N) is 1. The van der Waals surface area contributed by atoms with Crippen LogP contribution < -0.4 is 33.2 Å². The summed E-state index contributed by atoms with van der Waals surface area (Å²) < 4.78 is 0. The van der Waals surface area contributed by atoms with Gasteiger partial charge in [-0.15, -0.1) is 0 Å². The quantitative estimate of drug-likeness (QED) is 0.0456. The number of hydrogen-bond acceptors (Lipinski definition) is 8. The summed E-state index contributed by atoms with van der Waals surface area (Å²) in [6.07, 6.45) is -0.538. The number of nitrogens with two attached hydrogens (primary N) is 3. The van der Waals surface area contributed by atoms with Crippen LogP contribution in [0.4, 0.5) is 0 Å². The van der Waals surface area contributed by atoms with Gasteiger partial charge in [-0.25, -0.2) is 4.79 Å². The van der Waals surface area contributed by atoms with E-state index in [4.69, 9.17) is 22.3 Å². The zero-order valence-corrected chi connectivity index (χ0v) is 20.1. The second-order valence-corrected chi connectivity index (χ2v) is 8.23. The summed E-state index contributed by atoms with van der Waals surface area (Å²) in [6.45, 7) is 3.50. The van der Waals surface area contributed by atoms with Crippen molar-refractivity contribution in [3.63, 3.8) is 0 Å². The summed E-state index contributed by atoms with van der Waals surface area (Å²) in [6, 6.07) is -4.66. The number of carboxylic acid groups (broad SMARTS) is 2. The van der Waals surface area contributed by atoms with E-state index in [0.717, 1.165) is 0 Å². The van der Waals surface area contributed by atoms with Crippen molar-refractivity contribution in [2.75, 3.05) is 12.3 Å². The van der Waals surface area contributed by atoms with Crippen LogP contribution in [0, 0.1) is 5.92 Å². The lowest BCUT2D eigenvalue weighted by molar-refractivity contribution is -0.143. The minimum atomic E-state index is -1.48. The highest BCUT2D eigenvalue weighted by molar-refractivity contribution is 7.80. The number of nitrogens with one attached hydrogen (secondary N) is 3. The van der Waals surface area contributed by atoms with E-state index in [1.807, 2.05) is 0 Å². The second kappa shape index (κ2) is 15.7. The number of amides is 3. The normalized spacial score (nSPS) is 14.3. The van der Waals surface area contributed by atoms with Gasteiger partial charge < -0.3 is 43.4 Å². The predicted molar refractivity (Wildman–Crippen MR) is 127 cm³/mol. The van der Waals surface area contributed by atoms with Gasteiger partial charge in [-0.3, -0.25) is 24.2 Å². The molecule has 0 saturated carbocycles. The number of aliphatic carboxylic acids is 2. The highest BCUT2D eigenvalue weighted by Crippen LogP contribution is 2.07. The number of thiol groups is 1. The van der Waals surface area contributed by atoms with Gasteiger partial charge in [0.25, 0.3) is 0 Å². The molecule has 0 aromatic rings. The van der Waals surface area contributed by atoms with Crippen molar-refractivity contribution in [2.24, 2.45) is 28.1 Å². The van der Waals surface area contributed by atoms with Crippen molar-refractivity contribution in [1.29, 1.82) is 0 Å². The Labute approximate surface area is 202 Å². The van der Waals surface area contributed by atoms with Crippen LogP contribution in [0.25, 0.3) is 0 Å². The van der Waals surface area contributed by atoms with E-state index in [9.17, 15) is 29.1 Å². The largest absolute Gasteiger partial charge is 0.481 e. The van der Waals surface area contributed by atoms with E-state index in [1.54, 1.807) is 13.8 Å². The third kappa shape index (κ3) is 12.2. The molecule has 4 atom stereocenters. The molecular formula is C19H35N7O7S. The molecule has 0 aliphatic rings. The lowest BCUT2D eigenvalue weighted by atomic mass is 10.0. The maximum absolute atomic E-state index is 12.9. The molecule has 194 valence electrons. The molecule has 14 nitrogen and oxygen atoms in total. The first-order valence-electron chi connectivity index (χ1n) is 10.6. The highest BCUT2D eigenvalue weighted by Gasteiger charge is 2.31. The highest BCUT2D eigenvalue weighted by atomic mass is 32.1. The molecule has 11 N–H and O–H groups in total. The van der Waals surface area contributed by atoms with Gasteiger partial charge in [-0.05, 0) is 25.2 Å². The first-order chi connectivity index (χ1) is 15.8. The molecule has 0 aromatic heterocycles. The summed E-state index contributed by atoms with van der Waals surface area (Å²) in [5, 5.41) is 25.4. The van der Waals surface area contributed by atoms with Gasteiger partial charge in [-0.2, -0.15) is 12.6 Å². The van der Waals surface area contributed by atoms with Crippen LogP contribution in [0.5, 0.6) is 0 Å². The van der Waals surface area contributed by atoms with Crippen LogP contribution in [-0.2, 0) is 24.0 Å². The van der Waals surface area contributed by atoms with E-state index in [2.05, 4.69) is 33.6 Å². The number of carboxylic acids is 2. The Morgan fingerprint density at radius 2 is 1.50 bits per heavy atom. The van der Waals surface area contributed by atoms with Crippen molar-refractivity contribution in [3.05, 3.63) is 0 Å². The third-order valence-corrected chi connectivity index (χ3v) is 5.01. The topological polar surface area (TPSA) is 252 Å². The number of carbonyl (C=O) groups excluding carboxylic acids is 3. The van der Waals surface area contributed by atoms with Crippen molar-refractivity contribution >= 4 is 48.2 Å². The van der Waals surface area contributed by atoms with Gasteiger partial charge in [0.15, 0.2) is 5.96 Å². The smallest absolute Gasteiger partial charge is 0.326 e. The monoisotopic (exact) mass is 505 g/mol. The first kappa shape index (κ1) is 30.9. The standard InChI is InChI=1S/C19H35N7O7S/c1-9(2)14(26-15(29)10(20)8-34)17(31)24-11(4-3-7-23-19(21)22)16(30)25-12(18(32)33)5-6-13(27)28/h9-12,14,34H,3-8,20H2,1-2H3,(H,24,31)(H,25,30)(H,26,29)(H,27,28)(H,32,33)(H4,21,22,23). The Kier molecular flexibility index (Phi) is 14.3. The number of carbonyl (C=O) groups is 5. The molecule has 3 amide bonds. The van der Waals surface area contributed by atoms with E-state index in [-0.39, 0.29) is 43.4 Å². The predicted octanol–water partition coefficient (Wildman–Crippen LogP) is -2.64. The van der Waals surface area contributed by atoms with E-state index in [0.29, 0.717) is 0 Å². The molecule has 15 heteroatoms. The van der Waals surface area contributed by atoms with E-state index < -0.39 is 60.2 Å². The summed E-state index contributed by atoms with van der Waals surface area (Å²) in [7, 11) is 0.